The lowest BCUT2D eigenvalue weighted by molar-refractivity contribution is 0.415. The molecule has 0 aliphatic carbocycles. The van der Waals surface area contributed by atoms with Gasteiger partial charge in [-0.15, -0.1) is 5.10 Å². The summed E-state index contributed by atoms with van der Waals surface area (Å²) in [4.78, 5) is 11.7. The summed E-state index contributed by atoms with van der Waals surface area (Å²) < 4.78 is 5.25. The molecule has 7 heteroatoms. The Balaban J connectivity index is 1.29. The van der Waals surface area contributed by atoms with Gasteiger partial charge in [0, 0.05) is 44.1 Å². The predicted molar refractivity (Wildman–Crippen MR) is 114 cm³/mol. The number of piperazine rings is 1. The minimum Gasteiger partial charge on any atom is -0.497 e. The van der Waals surface area contributed by atoms with Crippen LogP contribution in [0.25, 0.3) is 0 Å². The fraction of sp³-hybridized carbons (Fsp3) is 0.318. The SMILES string of the molecule is COc1ccc(N2CCN(c3nncc(N4CCc5ccccc54)n3)CC2)cc1. The summed E-state index contributed by atoms with van der Waals surface area (Å²) in [5.41, 5.74) is 3.80. The predicted octanol–water partition coefficient (Wildman–Crippen LogP) is 2.90. The van der Waals surface area contributed by atoms with Gasteiger partial charge < -0.3 is 19.4 Å². The second-order valence-corrected chi connectivity index (χ2v) is 7.32. The highest BCUT2D eigenvalue weighted by molar-refractivity contribution is 5.67. The number of hydrogen-bond donors (Lipinski definition) is 0. The van der Waals surface area contributed by atoms with Gasteiger partial charge in [0.25, 0.3) is 0 Å². The maximum absolute atomic E-state index is 5.25. The second-order valence-electron chi connectivity index (χ2n) is 7.32. The zero-order valence-electron chi connectivity index (χ0n) is 16.5. The van der Waals surface area contributed by atoms with Crippen molar-refractivity contribution in [3.05, 3.63) is 60.3 Å². The first-order valence-corrected chi connectivity index (χ1v) is 10.0. The molecular weight excluding hydrogens is 364 g/mol. The average molecular weight is 388 g/mol. The Hall–Kier alpha value is -3.35. The minimum atomic E-state index is 0.710. The third-order valence-corrected chi connectivity index (χ3v) is 5.70. The second kappa shape index (κ2) is 7.58. The molecule has 0 radical (unpaired) electrons. The van der Waals surface area contributed by atoms with Crippen molar-refractivity contribution in [3.63, 3.8) is 0 Å². The fourth-order valence-electron chi connectivity index (χ4n) is 4.08. The van der Waals surface area contributed by atoms with Crippen molar-refractivity contribution in [2.75, 3.05) is 54.5 Å². The molecule has 0 amide bonds. The van der Waals surface area contributed by atoms with E-state index in [1.807, 2.05) is 12.1 Å². The Morgan fingerprint density at radius 2 is 1.62 bits per heavy atom. The first-order valence-electron chi connectivity index (χ1n) is 10.0. The third kappa shape index (κ3) is 3.44. The molecule has 2 aliphatic rings. The highest BCUT2D eigenvalue weighted by Crippen LogP contribution is 2.33. The summed E-state index contributed by atoms with van der Waals surface area (Å²) >= 11 is 0. The molecule has 29 heavy (non-hydrogen) atoms. The first-order chi connectivity index (χ1) is 14.3. The van der Waals surface area contributed by atoms with Crippen LogP contribution in [0.5, 0.6) is 5.75 Å². The Kier molecular flexibility index (Phi) is 4.63. The van der Waals surface area contributed by atoms with E-state index < -0.39 is 0 Å². The fourth-order valence-corrected chi connectivity index (χ4v) is 4.08. The quantitative estimate of drug-likeness (QED) is 0.681. The number of fused-ring (bicyclic) bond motifs is 1. The standard InChI is InChI=1S/C22H24N6O/c1-29-19-8-6-18(7-9-19)26-12-14-27(15-13-26)22-24-21(16-23-25-22)28-11-10-17-4-2-3-5-20(17)28/h2-9,16H,10-15H2,1H3. The van der Waals surface area contributed by atoms with Crippen molar-refractivity contribution >= 4 is 23.1 Å². The Morgan fingerprint density at radius 3 is 2.41 bits per heavy atom. The van der Waals surface area contributed by atoms with Gasteiger partial charge in [-0.25, -0.2) is 0 Å². The third-order valence-electron chi connectivity index (χ3n) is 5.70. The zero-order chi connectivity index (χ0) is 19.6. The topological polar surface area (TPSA) is 57.6 Å². The molecule has 0 atom stereocenters. The summed E-state index contributed by atoms with van der Waals surface area (Å²) in [6.45, 7) is 4.52. The molecule has 7 nitrogen and oxygen atoms in total. The van der Waals surface area contributed by atoms with Gasteiger partial charge in [0.1, 0.15) is 5.75 Å². The van der Waals surface area contributed by atoms with Crippen LogP contribution in [0.1, 0.15) is 5.56 Å². The monoisotopic (exact) mass is 388 g/mol. The van der Waals surface area contributed by atoms with Crippen molar-refractivity contribution in [1.82, 2.24) is 15.2 Å². The number of para-hydroxylation sites is 1. The van der Waals surface area contributed by atoms with Gasteiger partial charge in [0.05, 0.1) is 13.3 Å². The van der Waals surface area contributed by atoms with E-state index in [0.29, 0.717) is 5.95 Å². The smallest absolute Gasteiger partial charge is 0.247 e. The van der Waals surface area contributed by atoms with Gasteiger partial charge in [-0.1, -0.05) is 18.2 Å². The molecule has 0 bridgehead atoms. The van der Waals surface area contributed by atoms with Crippen molar-refractivity contribution in [2.24, 2.45) is 0 Å². The molecule has 1 fully saturated rings. The largest absolute Gasteiger partial charge is 0.497 e. The van der Waals surface area contributed by atoms with Crippen LogP contribution in [0.2, 0.25) is 0 Å². The molecule has 1 aromatic heterocycles. The van der Waals surface area contributed by atoms with Crippen molar-refractivity contribution in [1.29, 1.82) is 0 Å². The van der Waals surface area contributed by atoms with Crippen LogP contribution in [0.15, 0.2) is 54.7 Å². The van der Waals surface area contributed by atoms with Crippen LogP contribution < -0.4 is 19.4 Å². The highest BCUT2D eigenvalue weighted by Gasteiger charge is 2.24. The number of ether oxygens (including phenoxy) is 1. The molecule has 0 N–H and O–H groups in total. The maximum atomic E-state index is 5.25. The van der Waals surface area contributed by atoms with E-state index in [9.17, 15) is 0 Å². The van der Waals surface area contributed by atoms with Gasteiger partial charge in [0.2, 0.25) is 5.95 Å². The van der Waals surface area contributed by atoms with E-state index in [2.05, 4.69) is 61.3 Å². The molecule has 0 saturated carbocycles. The van der Waals surface area contributed by atoms with Crippen LogP contribution in [-0.2, 0) is 6.42 Å². The van der Waals surface area contributed by atoms with Gasteiger partial charge >= 0.3 is 0 Å². The van der Waals surface area contributed by atoms with Crippen LogP contribution >= 0.6 is 0 Å². The number of benzene rings is 2. The summed E-state index contributed by atoms with van der Waals surface area (Å²) in [6.07, 6.45) is 2.80. The van der Waals surface area contributed by atoms with Gasteiger partial charge in [-0.2, -0.15) is 10.1 Å². The summed E-state index contributed by atoms with van der Waals surface area (Å²) in [5.74, 6) is 2.46. The molecular formula is C22H24N6O. The lowest BCUT2D eigenvalue weighted by Crippen LogP contribution is -2.47. The van der Waals surface area contributed by atoms with E-state index in [-0.39, 0.29) is 0 Å². The van der Waals surface area contributed by atoms with E-state index in [1.165, 1.54) is 16.9 Å². The lowest BCUT2D eigenvalue weighted by atomic mass is 10.2. The average Bonchev–Trinajstić information content (AvgIpc) is 3.24. The molecule has 0 unspecified atom stereocenters. The van der Waals surface area contributed by atoms with E-state index >= 15 is 0 Å². The summed E-state index contributed by atoms with van der Waals surface area (Å²) in [5, 5.41) is 8.56. The van der Waals surface area contributed by atoms with Crippen molar-refractivity contribution in [3.8, 4) is 5.75 Å². The van der Waals surface area contributed by atoms with E-state index in [4.69, 9.17) is 9.72 Å². The van der Waals surface area contributed by atoms with Crippen molar-refractivity contribution in [2.45, 2.75) is 6.42 Å². The van der Waals surface area contributed by atoms with Crippen LogP contribution in [0.3, 0.4) is 0 Å². The Bertz CT molecular complexity index is 985. The van der Waals surface area contributed by atoms with Crippen LogP contribution in [0, 0.1) is 0 Å². The van der Waals surface area contributed by atoms with Crippen LogP contribution in [0.4, 0.5) is 23.1 Å². The molecule has 3 aromatic rings. The highest BCUT2D eigenvalue weighted by atomic mass is 16.5. The number of aromatic nitrogens is 3. The molecule has 148 valence electrons. The molecule has 2 aliphatic heterocycles. The summed E-state index contributed by atoms with van der Waals surface area (Å²) in [6, 6.07) is 16.7. The number of rotatable bonds is 4. The number of methoxy groups -OCH3 is 1. The van der Waals surface area contributed by atoms with Gasteiger partial charge in [0.15, 0.2) is 5.82 Å². The first kappa shape index (κ1) is 17.7. The number of anilines is 4. The molecule has 1 saturated heterocycles. The normalized spacial score (nSPS) is 16.1. The number of hydrogen-bond acceptors (Lipinski definition) is 7. The minimum absolute atomic E-state index is 0.710. The van der Waals surface area contributed by atoms with Crippen LogP contribution in [-0.4, -0.2) is 55.0 Å². The number of nitrogens with zero attached hydrogens (tertiary/aromatic N) is 6. The molecule has 2 aromatic carbocycles. The zero-order valence-corrected chi connectivity index (χ0v) is 16.5. The van der Waals surface area contributed by atoms with E-state index in [0.717, 1.165) is 50.7 Å². The molecule has 0 spiro atoms. The van der Waals surface area contributed by atoms with Gasteiger partial charge in [-0.3, -0.25) is 0 Å². The summed E-state index contributed by atoms with van der Waals surface area (Å²) in [7, 11) is 1.69. The Labute approximate surface area is 170 Å². The van der Waals surface area contributed by atoms with Crippen molar-refractivity contribution < 1.29 is 4.74 Å². The maximum Gasteiger partial charge on any atom is 0.247 e. The Morgan fingerprint density at radius 1 is 0.862 bits per heavy atom. The van der Waals surface area contributed by atoms with Gasteiger partial charge in [-0.05, 0) is 42.3 Å². The van der Waals surface area contributed by atoms with E-state index in [1.54, 1.807) is 13.3 Å². The molecule has 3 heterocycles. The molecule has 5 rings (SSSR count). The lowest BCUT2D eigenvalue weighted by Gasteiger charge is -2.36.